The second-order valence-electron chi connectivity index (χ2n) is 4.29. The van der Waals surface area contributed by atoms with Crippen LogP contribution in [0, 0.1) is 0 Å². The highest BCUT2D eigenvalue weighted by Gasteiger charge is 2.45. The molecule has 4 N–H and O–H groups in total. The van der Waals surface area contributed by atoms with Crippen LogP contribution in [-0.4, -0.2) is 62.8 Å². The van der Waals surface area contributed by atoms with Crippen molar-refractivity contribution >= 4 is 18.1 Å². The van der Waals surface area contributed by atoms with E-state index in [1.165, 1.54) is 18.5 Å². The van der Waals surface area contributed by atoms with Gasteiger partial charge in [0.1, 0.15) is 12.2 Å². The van der Waals surface area contributed by atoms with Gasteiger partial charge in [-0.2, -0.15) is 5.10 Å². The first-order chi connectivity index (χ1) is 10.0. The molecule has 1 aliphatic rings. The number of aliphatic hydroxyl groups is 3. The van der Waals surface area contributed by atoms with Crippen LogP contribution in [0.1, 0.15) is 10.4 Å². The lowest BCUT2D eigenvalue weighted by atomic mass is 10.1. The summed E-state index contributed by atoms with van der Waals surface area (Å²) in [5, 5.41) is 31.8. The summed E-state index contributed by atoms with van der Waals surface area (Å²) in [6, 6.07) is 3.09. The molecule has 21 heavy (non-hydrogen) atoms. The largest absolute Gasteiger partial charge is 0.454 e. The molecule has 0 aromatic carbocycles. The van der Waals surface area contributed by atoms with Gasteiger partial charge in [0.15, 0.2) is 12.2 Å². The average Bonchev–Trinajstić information content (AvgIpc) is 2.75. The molecule has 0 aliphatic carbocycles. The highest BCUT2D eigenvalue weighted by molar-refractivity contribution is 5.94. The number of carbonyl (C=O) groups excluding carboxylic acids is 2. The minimum atomic E-state index is -1.71. The highest BCUT2D eigenvalue weighted by atomic mass is 16.6. The maximum Gasteiger partial charge on any atom is 0.338 e. The van der Waals surface area contributed by atoms with E-state index in [0.717, 1.165) is 6.21 Å². The molecule has 9 nitrogen and oxygen atoms in total. The third-order valence-corrected chi connectivity index (χ3v) is 2.81. The van der Waals surface area contributed by atoms with Gasteiger partial charge in [0.05, 0.1) is 11.8 Å². The van der Waals surface area contributed by atoms with Gasteiger partial charge >= 0.3 is 5.97 Å². The van der Waals surface area contributed by atoms with Crippen LogP contribution in [0.3, 0.4) is 0 Å². The van der Waals surface area contributed by atoms with Crippen molar-refractivity contribution in [3.8, 4) is 0 Å². The van der Waals surface area contributed by atoms with E-state index in [1.807, 2.05) is 0 Å². The van der Waals surface area contributed by atoms with Crippen molar-refractivity contribution in [2.75, 3.05) is 0 Å². The number of amides is 1. The fourth-order valence-electron chi connectivity index (χ4n) is 1.68. The van der Waals surface area contributed by atoms with Gasteiger partial charge in [-0.3, -0.25) is 9.78 Å². The first-order valence-electron chi connectivity index (χ1n) is 5.99. The van der Waals surface area contributed by atoms with Crippen LogP contribution >= 0.6 is 0 Å². The number of esters is 1. The number of carbonyl (C=O) groups is 2. The van der Waals surface area contributed by atoms with Crippen molar-refractivity contribution in [3.05, 3.63) is 30.1 Å². The van der Waals surface area contributed by atoms with Crippen molar-refractivity contribution in [1.82, 2.24) is 10.4 Å². The molecule has 2 heterocycles. The van der Waals surface area contributed by atoms with Crippen LogP contribution in [0.25, 0.3) is 0 Å². The highest BCUT2D eigenvalue weighted by Crippen LogP contribution is 2.18. The van der Waals surface area contributed by atoms with Gasteiger partial charge in [0.25, 0.3) is 5.91 Å². The summed E-state index contributed by atoms with van der Waals surface area (Å²) in [6.07, 6.45) is -2.36. The molecule has 1 amide bonds. The number of hydrogen-bond acceptors (Lipinski definition) is 8. The Morgan fingerprint density at radius 3 is 2.86 bits per heavy atom. The lowest BCUT2D eigenvalue weighted by molar-refractivity contribution is -0.149. The van der Waals surface area contributed by atoms with Crippen molar-refractivity contribution in [2.24, 2.45) is 5.10 Å². The summed E-state index contributed by atoms with van der Waals surface area (Å²) in [5.74, 6) is -1.57. The Morgan fingerprint density at radius 1 is 1.52 bits per heavy atom. The van der Waals surface area contributed by atoms with Gasteiger partial charge in [-0.1, -0.05) is 0 Å². The maximum absolute atomic E-state index is 11.6. The number of aliphatic hydroxyl groups excluding tert-OH is 3. The monoisotopic (exact) mass is 295 g/mol. The van der Waals surface area contributed by atoms with Crippen molar-refractivity contribution in [2.45, 2.75) is 24.4 Å². The van der Waals surface area contributed by atoms with Crippen molar-refractivity contribution in [3.63, 3.8) is 0 Å². The average molecular weight is 295 g/mol. The van der Waals surface area contributed by atoms with Crippen molar-refractivity contribution in [1.29, 1.82) is 0 Å². The Morgan fingerprint density at radius 2 is 2.29 bits per heavy atom. The molecule has 1 saturated heterocycles. The standard InChI is InChI=1S/C12H13N3O6/c16-7(10-8(17)9(18)12(20)21-10)5-14-15-11(19)6-2-1-3-13-4-6/h1-5,7-10,16-18H,(H,15,19)/b14-5-/t7-,8+,9-,10-/m0/s1. The third kappa shape index (κ3) is 3.40. The third-order valence-electron chi connectivity index (χ3n) is 2.81. The predicted molar refractivity (Wildman–Crippen MR) is 68.1 cm³/mol. The van der Waals surface area contributed by atoms with Crippen LogP contribution in [0.5, 0.6) is 0 Å². The molecule has 1 aromatic rings. The van der Waals surface area contributed by atoms with Crippen LogP contribution in [0.2, 0.25) is 0 Å². The number of aromatic nitrogens is 1. The molecule has 0 saturated carbocycles. The molecule has 0 bridgehead atoms. The molecule has 0 radical (unpaired) electrons. The Kier molecular flexibility index (Phi) is 4.58. The molecule has 0 unspecified atom stereocenters. The van der Waals surface area contributed by atoms with E-state index in [9.17, 15) is 24.9 Å². The Labute approximate surface area is 118 Å². The number of hydrazone groups is 1. The predicted octanol–water partition coefficient (Wildman–Crippen LogP) is -2.19. The molecule has 2 rings (SSSR count). The fraction of sp³-hybridized carbons (Fsp3) is 0.333. The van der Waals surface area contributed by atoms with Crippen LogP contribution < -0.4 is 5.43 Å². The van der Waals surface area contributed by atoms with Crippen LogP contribution in [0.15, 0.2) is 29.6 Å². The molecule has 112 valence electrons. The quantitative estimate of drug-likeness (QED) is 0.281. The number of rotatable bonds is 4. The molecule has 1 aromatic heterocycles. The van der Waals surface area contributed by atoms with E-state index in [4.69, 9.17) is 0 Å². The van der Waals surface area contributed by atoms with E-state index in [0.29, 0.717) is 0 Å². The van der Waals surface area contributed by atoms with E-state index in [2.05, 4.69) is 20.2 Å². The summed E-state index contributed by atoms with van der Waals surface area (Å²) < 4.78 is 4.59. The van der Waals surface area contributed by atoms with Gasteiger partial charge in [-0.25, -0.2) is 10.2 Å². The Balaban J connectivity index is 1.90. The second-order valence-corrected chi connectivity index (χ2v) is 4.29. The first kappa shape index (κ1) is 15.0. The minimum absolute atomic E-state index is 0.270. The van der Waals surface area contributed by atoms with E-state index < -0.39 is 36.3 Å². The molecule has 9 heteroatoms. The van der Waals surface area contributed by atoms with Gasteiger partial charge in [-0.15, -0.1) is 0 Å². The molecule has 4 atom stereocenters. The number of cyclic esters (lactones) is 1. The zero-order valence-corrected chi connectivity index (χ0v) is 10.7. The lowest BCUT2D eigenvalue weighted by Gasteiger charge is -2.16. The summed E-state index contributed by atoms with van der Waals surface area (Å²) in [4.78, 5) is 26.4. The molecular weight excluding hydrogens is 282 g/mol. The lowest BCUT2D eigenvalue weighted by Crippen LogP contribution is -2.39. The summed E-state index contributed by atoms with van der Waals surface area (Å²) in [7, 11) is 0. The summed E-state index contributed by atoms with van der Waals surface area (Å²) >= 11 is 0. The zero-order chi connectivity index (χ0) is 15.4. The topological polar surface area (TPSA) is 141 Å². The smallest absolute Gasteiger partial charge is 0.338 e. The van der Waals surface area contributed by atoms with Gasteiger partial charge < -0.3 is 20.1 Å². The Hall–Kier alpha value is -2.36. The SMILES string of the molecule is O=C(N/N=C\[C@H](O)[C@@H]1OC(=O)[C@@H](O)[C@H]1O)c1cccnc1. The number of hydrogen-bond donors (Lipinski definition) is 4. The summed E-state index contributed by atoms with van der Waals surface area (Å²) in [5.41, 5.74) is 2.41. The number of nitrogens with zero attached hydrogens (tertiary/aromatic N) is 2. The zero-order valence-electron chi connectivity index (χ0n) is 10.7. The first-order valence-corrected chi connectivity index (χ1v) is 5.99. The number of pyridine rings is 1. The van der Waals surface area contributed by atoms with Gasteiger partial charge in [-0.05, 0) is 12.1 Å². The van der Waals surface area contributed by atoms with Gasteiger partial charge in [0, 0.05) is 12.4 Å². The van der Waals surface area contributed by atoms with E-state index in [1.54, 1.807) is 6.07 Å². The van der Waals surface area contributed by atoms with E-state index >= 15 is 0 Å². The maximum atomic E-state index is 11.6. The molecule has 0 spiro atoms. The van der Waals surface area contributed by atoms with Gasteiger partial charge in [0.2, 0.25) is 0 Å². The molecule has 1 aliphatic heterocycles. The number of nitrogens with one attached hydrogen (secondary N) is 1. The summed E-state index contributed by atoms with van der Waals surface area (Å²) in [6.45, 7) is 0. The minimum Gasteiger partial charge on any atom is -0.454 e. The molecule has 1 fully saturated rings. The Bertz CT molecular complexity index is 549. The van der Waals surface area contributed by atoms with Crippen molar-refractivity contribution < 1.29 is 29.6 Å². The number of ether oxygens (including phenoxy) is 1. The van der Waals surface area contributed by atoms with Crippen LogP contribution in [0.4, 0.5) is 0 Å². The normalized spacial score (nSPS) is 26.6. The fourth-order valence-corrected chi connectivity index (χ4v) is 1.68. The van der Waals surface area contributed by atoms with Crippen LogP contribution in [-0.2, 0) is 9.53 Å². The molecular formula is C12H13N3O6. The van der Waals surface area contributed by atoms with E-state index in [-0.39, 0.29) is 5.56 Å². The second kappa shape index (κ2) is 6.39.